The van der Waals surface area contributed by atoms with E-state index in [0.29, 0.717) is 4.80 Å². The lowest BCUT2D eigenvalue weighted by Crippen LogP contribution is -2.14. The number of aromatic nitrogens is 1. The molecule has 0 unspecified atom stereocenters. The standard InChI is InChI=1S/C18H17N3O3S2/c1-3-25-14-7-4-12(5-8-14)10-17(22)19-18-20(2)15-9-6-13(21(23)24)11-16(15)26-18/h4-9,11H,3,10H2,1-2H3. The largest absolute Gasteiger partial charge is 0.319 e. The summed E-state index contributed by atoms with van der Waals surface area (Å²) in [6.45, 7) is 2.10. The number of amides is 1. The van der Waals surface area contributed by atoms with Gasteiger partial charge in [-0.2, -0.15) is 4.99 Å². The van der Waals surface area contributed by atoms with E-state index in [9.17, 15) is 14.9 Å². The van der Waals surface area contributed by atoms with Crippen LogP contribution in [0.25, 0.3) is 10.2 Å². The Labute approximate surface area is 158 Å². The zero-order chi connectivity index (χ0) is 18.7. The van der Waals surface area contributed by atoms with Crippen molar-refractivity contribution in [1.29, 1.82) is 0 Å². The average molecular weight is 387 g/mol. The summed E-state index contributed by atoms with van der Waals surface area (Å²) in [7, 11) is 1.80. The maximum atomic E-state index is 12.3. The van der Waals surface area contributed by atoms with Crippen LogP contribution in [0.5, 0.6) is 0 Å². The van der Waals surface area contributed by atoms with Crippen LogP contribution < -0.4 is 4.80 Å². The summed E-state index contributed by atoms with van der Waals surface area (Å²) in [6, 6.07) is 12.5. The third-order valence-electron chi connectivity index (χ3n) is 3.81. The van der Waals surface area contributed by atoms with Gasteiger partial charge in [0.1, 0.15) is 0 Å². The Hall–Kier alpha value is -2.45. The van der Waals surface area contributed by atoms with Crippen LogP contribution in [0.15, 0.2) is 52.4 Å². The molecule has 0 saturated carbocycles. The van der Waals surface area contributed by atoms with Crippen molar-refractivity contribution >= 4 is 44.9 Å². The van der Waals surface area contributed by atoms with E-state index in [1.807, 2.05) is 24.3 Å². The van der Waals surface area contributed by atoms with Crippen molar-refractivity contribution in [3.8, 4) is 0 Å². The number of nitro groups is 1. The van der Waals surface area contributed by atoms with E-state index in [-0.39, 0.29) is 18.0 Å². The molecule has 0 radical (unpaired) electrons. The summed E-state index contributed by atoms with van der Waals surface area (Å²) in [5.74, 6) is 0.770. The molecule has 0 aliphatic carbocycles. The van der Waals surface area contributed by atoms with E-state index in [0.717, 1.165) is 21.5 Å². The number of nitrogens with zero attached hydrogens (tertiary/aromatic N) is 3. The van der Waals surface area contributed by atoms with Crippen molar-refractivity contribution in [3.05, 3.63) is 62.9 Å². The van der Waals surface area contributed by atoms with Crippen LogP contribution in [-0.2, 0) is 18.3 Å². The molecular formula is C18H17N3O3S2. The summed E-state index contributed by atoms with van der Waals surface area (Å²) in [4.78, 5) is 28.7. The van der Waals surface area contributed by atoms with Crippen molar-refractivity contribution < 1.29 is 9.72 Å². The highest BCUT2D eigenvalue weighted by molar-refractivity contribution is 7.99. The first-order valence-electron chi connectivity index (χ1n) is 8.01. The van der Waals surface area contributed by atoms with Gasteiger partial charge in [0, 0.05) is 24.1 Å². The van der Waals surface area contributed by atoms with Crippen LogP contribution >= 0.6 is 23.1 Å². The molecule has 0 aliphatic heterocycles. The topological polar surface area (TPSA) is 77.5 Å². The second-order valence-corrected chi connectivity index (χ2v) is 7.96. The fourth-order valence-electron chi connectivity index (χ4n) is 2.53. The molecular weight excluding hydrogens is 370 g/mol. The zero-order valence-corrected chi connectivity index (χ0v) is 16.0. The quantitative estimate of drug-likeness (QED) is 0.377. The fraction of sp³-hybridized carbons (Fsp3) is 0.222. The number of carbonyl (C=O) groups is 1. The molecule has 0 atom stereocenters. The van der Waals surface area contributed by atoms with Crippen LogP contribution in [0.4, 0.5) is 5.69 Å². The second-order valence-electron chi connectivity index (χ2n) is 5.61. The van der Waals surface area contributed by atoms with Crippen LogP contribution in [0.2, 0.25) is 0 Å². The van der Waals surface area contributed by atoms with Gasteiger partial charge in [-0.1, -0.05) is 30.4 Å². The van der Waals surface area contributed by atoms with E-state index in [1.54, 1.807) is 29.4 Å². The molecule has 1 heterocycles. The Morgan fingerprint density at radius 3 is 2.65 bits per heavy atom. The molecule has 134 valence electrons. The number of benzene rings is 2. The molecule has 26 heavy (non-hydrogen) atoms. The molecule has 3 aromatic rings. The highest BCUT2D eigenvalue weighted by Gasteiger charge is 2.11. The Kier molecular flexibility index (Phi) is 5.53. The summed E-state index contributed by atoms with van der Waals surface area (Å²) in [6.07, 6.45) is 0.228. The smallest absolute Gasteiger partial charge is 0.270 e. The summed E-state index contributed by atoms with van der Waals surface area (Å²) < 4.78 is 2.51. The van der Waals surface area contributed by atoms with Gasteiger partial charge in [0.2, 0.25) is 0 Å². The number of aryl methyl sites for hydroxylation is 1. The van der Waals surface area contributed by atoms with E-state index in [1.165, 1.54) is 28.4 Å². The van der Waals surface area contributed by atoms with Gasteiger partial charge in [-0.15, -0.1) is 11.8 Å². The molecule has 0 fully saturated rings. The van der Waals surface area contributed by atoms with Gasteiger partial charge in [-0.25, -0.2) is 0 Å². The number of fused-ring (bicyclic) bond motifs is 1. The number of nitro benzene ring substituents is 1. The summed E-state index contributed by atoms with van der Waals surface area (Å²) >= 11 is 3.03. The average Bonchev–Trinajstić information content (AvgIpc) is 2.92. The molecule has 0 N–H and O–H groups in total. The monoisotopic (exact) mass is 387 g/mol. The van der Waals surface area contributed by atoms with Gasteiger partial charge in [0.05, 0.1) is 21.6 Å². The number of thioether (sulfide) groups is 1. The van der Waals surface area contributed by atoms with Gasteiger partial charge in [0.25, 0.3) is 11.6 Å². The number of thiazole rings is 1. The lowest BCUT2D eigenvalue weighted by Gasteiger charge is -2.01. The highest BCUT2D eigenvalue weighted by Crippen LogP contribution is 2.22. The van der Waals surface area contributed by atoms with Crippen LogP contribution in [0.3, 0.4) is 0 Å². The molecule has 0 aliphatic rings. The maximum absolute atomic E-state index is 12.3. The lowest BCUT2D eigenvalue weighted by atomic mass is 10.1. The lowest BCUT2D eigenvalue weighted by molar-refractivity contribution is -0.384. The zero-order valence-electron chi connectivity index (χ0n) is 14.3. The second kappa shape index (κ2) is 7.84. The number of carbonyl (C=O) groups excluding carboxylic acids is 1. The first-order valence-corrected chi connectivity index (χ1v) is 9.81. The van der Waals surface area contributed by atoms with Gasteiger partial charge >= 0.3 is 0 Å². The predicted molar refractivity (Wildman–Crippen MR) is 105 cm³/mol. The Morgan fingerprint density at radius 2 is 2.00 bits per heavy atom. The summed E-state index contributed by atoms with van der Waals surface area (Å²) in [5, 5.41) is 10.9. The normalized spacial score (nSPS) is 11.8. The van der Waals surface area contributed by atoms with E-state index in [4.69, 9.17) is 0 Å². The van der Waals surface area contributed by atoms with E-state index < -0.39 is 4.92 Å². The number of hydrogen-bond acceptors (Lipinski definition) is 5. The Morgan fingerprint density at radius 1 is 1.27 bits per heavy atom. The number of hydrogen-bond donors (Lipinski definition) is 0. The molecule has 3 rings (SSSR count). The van der Waals surface area contributed by atoms with E-state index in [2.05, 4.69) is 11.9 Å². The van der Waals surface area contributed by atoms with Gasteiger partial charge in [-0.3, -0.25) is 14.9 Å². The first-order chi connectivity index (χ1) is 12.5. The molecule has 0 saturated heterocycles. The highest BCUT2D eigenvalue weighted by atomic mass is 32.2. The molecule has 1 amide bonds. The molecule has 1 aromatic heterocycles. The molecule has 2 aromatic carbocycles. The van der Waals surface area contributed by atoms with Crippen molar-refractivity contribution in [2.45, 2.75) is 18.2 Å². The van der Waals surface area contributed by atoms with Gasteiger partial charge in [0.15, 0.2) is 4.80 Å². The maximum Gasteiger partial charge on any atom is 0.270 e. The minimum Gasteiger partial charge on any atom is -0.319 e. The molecule has 0 bridgehead atoms. The van der Waals surface area contributed by atoms with Crippen molar-refractivity contribution in [2.24, 2.45) is 12.0 Å². The SMILES string of the molecule is CCSc1ccc(CC(=O)N=c2sc3cc([N+](=O)[O-])ccc3n2C)cc1. The molecule has 6 nitrogen and oxygen atoms in total. The van der Waals surface area contributed by atoms with Crippen LogP contribution in [0.1, 0.15) is 12.5 Å². The predicted octanol–water partition coefficient (Wildman–Crippen LogP) is 3.93. The molecule has 0 spiro atoms. The number of rotatable bonds is 5. The van der Waals surface area contributed by atoms with E-state index >= 15 is 0 Å². The number of non-ortho nitro benzene ring substituents is 1. The van der Waals surface area contributed by atoms with Crippen molar-refractivity contribution in [2.75, 3.05) is 5.75 Å². The third kappa shape index (κ3) is 4.03. The van der Waals surface area contributed by atoms with Crippen molar-refractivity contribution in [3.63, 3.8) is 0 Å². The Balaban J connectivity index is 1.85. The Bertz CT molecular complexity index is 1040. The third-order valence-corrected chi connectivity index (χ3v) is 5.80. The molecule has 8 heteroatoms. The van der Waals surface area contributed by atoms with Crippen LogP contribution in [-0.4, -0.2) is 21.2 Å². The van der Waals surface area contributed by atoms with Crippen molar-refractivity contribution in [1.82, 2.24) is 4.57 Å². The fourth-order valence-corrected chi connectivity index (χ4v) is 4.26. The first kappa shape index (κ1) is 18.3. The van der Waals surface area contributed by atoms with Crippen LogP contribution in [0, 0.1) is 10.1 Å². The minimum atomic E-state index is -0.429. The minimum absolute atomic E-state index is 0.0299. The summed E-state index contributed by atoms with van der Waals surface area (Å²) in [5.41, 5.74) is 1.76. The van der Waals surface area contributed by atoms with Gasteiger partial charge < -0.3 is 4.57 Å². The van der Waals surface area contributed by atoms with Gasteiger partial charge in [-0.05, 0) is 29.5 Å².